The molecule has 0 radical (unpaired) electrons. The van der Waals surface area contributed by atoms with Gasteiger partial charge in [-0.1, -0.05) is 35.9 Å². The molecule has 0 fully saturated rings. The Bertz CT molecular complexity index is 862. The van der Waals surface area contributed by atoms with Crippen molar-refractivity contribution >= 4 is 17.5 Å². The largest absolute Gasteiger partial charge is 0.441 e. The van der Waals surface area contributed by atoms with Gasteiger partial charge in [-0.25, -0.2) is 9.37 Å². The molecule has 0 saturated carbocycles. The first-order chi connectivity index (χ1) is 12.1. The van der Waals surface area contributed by atoms with Crippen LogP contribution >= 0.6 is 11.6 Å². The number of nitrogens with one attached hydrogen (secondary N) is 1. The van der Waals surface area contributed by atoms with Crippen LogP contribution in [-0.2, 0) is 17.8 Å². The molecule has 128 valence electrons. The lowest BCUT2D eigenvalue weighted by Crippen LogP contribution is -2.23. The number of hydrogen-bond donors (Lipinski definition) is 1. The molecule has 0 aliphatic rings. The molecule has 1 amide bonds. The molecular formula is C19H16ClFN2O2. The number of carbonyl (C=O) groups excluding carboxylic acids is 1. The Morgan fingerprint density at radius 1 is 1.16 bits per heavy atom. The van der Waals surface area contributed by atoms with Crippen LogP contribution in [0.5, 0.6) is 0 Å². The second-order valence-corrected chi connectivity index (χ2v) is 5.91. The van der Waals surface area contributed by atoms with Crippen LogP contribution in [0.2, 0.25) is 5.02 Å². The second-order valence-electron chi connectivity index (χ2n) is 5.50. The highest BCUT2D eigenvalue weighted by Gasteiger charge is 2.11. The minimum absolute atomic E-state index is 0.123. The highest BCUT2D eigenvalue weighted by molar-refractivity contribution is 6.33. The summed E-state index contributed by atoms with van der Waals surface area (Å²) in [5, 5.41) is 3.37. The van der Waals surface area contributed by atoms with E-state index in [0.29, 0.717) is 29.6 Å². The van der Waals surface area contributed by atoms with Crippen molar-refractivity contribution in [3.63, 3.8) is 0 Å². The first-order valence-corrected chi connectivity index (χ1v) is 8.20. The summed E-state index contributed by atoms with van der Waals surface area (Å²) in [6.45, 7) is 0.357. The van der Waals surface area contributed by atoms with E-state index in [1.165, 1.54) is 12.1 Å². The quantitative estimate of drug-likeness (QED) is 0.711. The molecule has 2 aromatic carbocycles. The number of rotatable bonds is 6. The van der Waals surface area contributed by atoms with E-state index in [2.05, 4.69) is 10.3 Å². The Morgan fingerprint density at radius 2 is 1.92 bits per heavy atom. The maximum atomic E-state index is 12.8. The SMILES string of the molecule is O=C(CCc1ncc(-c2ccccc2Cl)o1)NCc1ccc(F)cc1. The molecular weight excluding hydrogens is 343 g/mol. The number of oxazole rings is 1. The van der Waals surface area contributed by atoms with Crippen LogP contribution in [0.4, 0.5) is 4.39 Å². The van der Waals surface area contributed by atoms with Crippen molar-refractivity contribution in [2.75, 3.05) is 0 Å². The zero-order valence-corrected chi connectivity index (χ0v) is 14.1. The molecule has 3 aromatic rings. The van der Waals surface area contributed by atoms with Gasteiger partial charge in [-0.2, -0.15) is 0 Å². The lowest BCUT2D eigenvalue weighted by atomic mass is 10.2. The van der Waals surface area contributed by atoms with Gasteiger partial charge >= 0.3 is 0 Å². The number of nitrogens with zero attached hydrogens (tertiary/aromatic N) is 1. The highest BCUT2D eigenvalue weighted by Crippen LogP contribution is 2.28. The Morgan fingerprint density at radius 3 is 2.68 bits per heavy atom. The van der Waals surface area contributed by atoms with Crippen LogP contribution in [0.1, 0.15) is 17.9 Å². The molecule has 0 spiro atoms. The van der Waals surface area contributed by atoms with E-state index >= 15 is 0 Å². The van der Waals surface area contributed by atoms with Crippen LogP contribution < -0.4 is 5.32 Å². The molecule has 1 aromatic heterocycles. The smallest absolute Gasteiger partial charge is 0.220 e. The standard InChI is InChI=1S/C19H16ClFN2O2/c20-16-4-2-1-3-15(16)17-12-23-19(25-17)10-9-18(24)22-11-13-5-7-14(21)8-6-13/h1-8,12H,9-11H2,(H,22,24). The zero-order valence-electron chi connectivity index (χ0n) is 13.3. The van der Waals surface area contributed by atoms with Gasteiger partial charge in [-0.3, -0.25) is 4.79 Å². The summed E-state index contributed by atoms with van der Waals surface area (Å²) in [5.74, 6) is 0.634. The summed E-state index contributed by atoms with van der Waals surface area (Å²) < 4.78 is 18.5. The molecule has 0 aliphatic carbocycles. The number of halogens is 2. The van der Waals surface area contributed by atoms with E-state index in [4.69, 9.17) is 16.0 Å². The highest BCUT2D eigenvalue weighted by atomic mass is 35.5. The molecule has 0 unspecified atom stereocenters. The number of aromatic nitrogens is 1. The predicted molar refractivity (Wildman–Crippen MR) is 93.5 cm³/mol. The van der Waals surface area contributed by atoms with Gasteiger partial charge in [0.25, 0.3) is 0 Å². The molecule has 0 aliphatic heterocycles. The summed E-state index contributed by atoms with van der Waals surface area (Å²) in [6, 6.07) is 13.3. The van der Waals surface area contributed by atoms with Crippen molar-refractivity contribution in [2.45, 2.75) is 19.4 Å². The normalized spacial score (nSPS) is 10.6. The van der Waals surface area contributed by atoms with Gasteiger partial charge in [0.2, 0.25) is 5.91 Å². The number of benzene rings is 2. The molecule has 1 heterocycles. The molecule has 6 heteroatoms. The second kappa shape index (κ2) is 7.94. The van der Waals surface area contributed by atoms with Crippen LogP contribution in [0, 0.1) is 5.82 Å². The van der Waals surface area contributed by atoms with E-state index in [1.54, 1.807) is 24.4 Å². The summed E-state index contributed by atoms with van der Waals surface area (Å²) in [7, 11) is 0. The van der Waals surface area contributed by atoms with E-state index in [-0.39, 0.29) is 18.1 Å². The van der Waals surface area contributed by atoms with Crippen molar-refractivity contribution in [1.29, 1.82) is 0 Å². The van der Waals surface area contributed by atoms with Gasteiger partial charge in [0.05, 0.1) is 11.2 Å². The third-order valence-electron chi connectivity index (χ3n) is 3.66. The topological polar surface area (TPSA) is 55.1 Å². The van der Waals surface area contributed by atoms with Gasteiger partial charge in [0, 0.05) is 24.9 Å². The fraction of sp³-hybridized carbons (Fsp3) is 0.158. The Labute approximate surface area is 149 Å². The fourth-order valence-corrected chi connectivity index (χ4v) is 2.55. The van der Waals surface area contributed by atoms with E-state index < -0.39 is 0 Å². The average molecular weight is 359 g/mol. The summed E-state index contributed by atoms with van der Waals surface area (Å²) in [5.41, 5.74) is 1.61. The van der Waals surface area contributed by atoms with Crippen LogP contribution in [0.3, 0.4) is 0 Å². The first-order valence-electron chi connectivity index (χ1n) is 7.82. The van der Waals surface area contributed by atoms with Gasteiger partial charge < -0.3 is 9.73 Å². The third-order valence-corrected chi connectivity index (χ3v) is 3.99. The number of amides is 1. The van der Waals surface area contributed by atoms with Gasteiger partial charge in [0.1, 0.15) is 5.82 Å². The molecule has 4 nitrogen and oxygen atoms in total. The summed E-state index contributed by atoms with van der Waals surface area (Å²) in [6.07, 6.45) is 2.25. The van der Waals surface area contributed by atoms with E-state index in [1.807, 2.05) is 18.2 Å². The maximum absolute atomic E-state index is 12.8. The zero-order chi connectivity index (χ0) is 17.6. The molecule has 3 rings (SSSR count). The van der Waals surface area contributed by atoms with Crippen LogP contribution in [-0.4, -0.2) is 10.9 Å². The minimum Gasteiger partial charge on any atom is -0.441 e. The fourth-order valence-electron chi connectivity index (χ4n) is 2.32. The van der Waals surface area contributed by atoms with Gasteiger partial charge in [0.15, 0.2) is 11.7 Å². The first kappa shape index (κ1) is 17.2. The predicted octanol–water partition coefficient (Wildman–Crippen LogP) is 4.38. The lowest BCUT2D eigenvalue weighted by molar-refractivity contribution is -0.121. The number of aryl methyl sites for hydroxylation is 1. The van der Waals surface area contributed by atoms with Crippen molar-refractivity contribution < 1.29 is 13.6 Å². The van der Waals surface area contributed by atoms with Gasteiger partial charge in [-0.15, -0.1) is 0 Å². The van der Waals surface area contributed by atoms with Crippen LogP contribution in [0.15, 0.2) is 59.1 Å². The minimum atomic E-state index is -0.298. The van der Waals surface area contributed by atoms with Crippen LogP contribution in [0.25, 0.3) is 11.3 Å². The maximum Gasteiger partial charge on any atom is 0.220 e. The Hall–Kier alpha value is -2.66. The van der Waals surface area contributed by atoms with E-state index in [9.17, 15) is 9.18 Å². The van der Waals surface area contributed by atoms with Gasteiger partial charge in [-0.05, 0) is 29.8 Å². The van der Waals surface area contributed by atoms with Crippen molar-refractivity contribution in [2.24, 2.45) is 0 Å². The average Bonchev–Trinajstić information content (AvgIpc) is 3.08. The number of carbonyl (C=O) groups is 1. The van der Waals surface area contributed by atoms with Crippen molar-refractivity contribution in [3.8, 4) is 11.3 Å². The third kappa shape index (κ3) is 4.67. The lowest BCUT2D eigenvalue weighted by Gasteiger charge is -2.04. The molecule has 1 N–H and O–H groups in total. The monoisotopic (exact) mass is 358 g/mol. The number of hydrogen-bond acceptors (Lipinski definition) is 3. The summed E-state index contributed by atoms with van der Waals surface area (Å²) >= 11 is 6.13. The molecule has 25 heavy (non-hydrogen) atoms. The van der Waals surface area contributed by atoms with Crippen molar-refractivity contribution in [3.05, 3.63) is 77.0 Å². The van der Waals surface area contributed by atoms with E-state index in [0.717, 1.165) is 11.1 Å². The Balaban J connectivity index is 1.51. The summed E-state index contributed by atoms with van der Waals surface area (Å²) in [4.78, 5) is 16.1. The molecule has 0 saturated heterocycles. The van der Waals surface area contributed by atoms with Crippen molar-refractivity contribution in [1.82, 2.24) is 10.3 Å². The Kier molecular flexibility index (Phi) is 5.46. The molecule has 0 atom stereocenters. The molecule has 0 bridgehead atoms.